The molecule has 0 saturated heterocycles. The number of imidazole rings is 1. The van der Waals surface area contributed by atoms with Crippen molar-refractivity contribution in [3.63, 3.8) is 0 Å². The summed E-state index contributed by atoms with van der Waals surface area (Å²) in [5.41, 5.74) is -0.416. The largest absolute Gasteiger partial charge is 0.477 e. The number of aromatic amines is 1. The molecule has 0 unspecified atom stereocenters. The first-order valence-corrected chi connectivity index (χ1v) is 5.92. The summed E-state index contributed by atoms with van der Waals surface area (Å²) in [7, 11) is 0. The van der Waals surface area contributed by atoms with Crippen molar-refractivity contribution in [2.24, 2.45) is 5.92 Å². The van der Waals surface area contributed by atoms with E-state index in [0.717, 1.165) is 19.2 Å². The van der Waals surface area contributed by atoms with Crippen LogP contribution in [0.4, 0.5) is 0 Å². The van der Waals surface area contributed by atoms with Gasteiger partial charge in [-0.2, -0.15) is 0 Å². The molecule has 0 aliphatic heterocycles. The van der Waals surface area contributed by atoms with Crippen LogP contribution in [0, 0.1) is 5.92 Å². The van der Waals surface area contributed by atoms with Crippen molar-refractivity contribution >= 4 is 17.8 Å². The Kier molecular flexibility index (Phi) is 3.79. The molecule has 1 aliphatic rings. The Bertz CT molecular complexity index is 507. The molecule has 1 aromatic heterocycles. The third-order valence-corrected chi connectivity index (χ3v) is 2.73. The number of carboxylic acids is 1. The van der Waals surface area contributed by atoms with Gasteiger partial charge < -0.3 is 20.7 Å². The first-order valence-electron chi connectivity index (χ1n) is 5.92. The van der Waals surface area contributed by atoms with Gasteiger partial charge >= 0.3 is 5.97 Å². The maximum Gasteiger partial charge on any atom is 0.354 e. The van der Waals surface area contributed by atoms with Crippen LogP contribution in [0.15, 0.2) is 6.33 Å². The lowest BCUT2D eigenvalue weighted by molar-refractivity contribution is -0.122. The molecule has 0 spiro atoms. The number of carbonyl (C=O) groups is 3. The zero-order valence-corrected chi connectivity index (χ0v) is 10.1. The zero-order valence-electron chi connectivity index (χ0n) is 10.1. The number of nitrogens with one attached hydrogen (secondary N) is 3. The van der Waals surface area contributed by atoms with E-state index in [1.807, 2.05) is 0 Å². The van der Waals surface area contributed by atoms with Gasteiger partial charge in [0.25, 0.3) is 5.91 Å². The van der Waals surface area contributed by atoms with Crippen molar-refractivity contribution in [1.29, 1.82) is 0 Å². The van der Waals surface area contributed by atoms with Crippen LogP contribution < -0.4 is 10.6 Å². The Morgan fingerprint density at radius 3 is 2.63 bits per heavy atom. The van der Waals surface area contributed by atoms with Crippen LogP contribution in [0.3, 0.4) is 0 Å². The van der Waals surface area contributed by atoms with Gasteiger partial charge in [0.2, 0.25) is 5.91 Å². The summed E-state index contributed by atoms with van der Waals surface area (Å²) in [6.45, 7) is 0.539. The highest BCUT2D eigenvalue weighted by molar-refractivity contribution is 6.02. The smallest absolute Gasteiger partial charge is 0.354 e. The van der Waals surface area contributed by atoms with E-state index in [4.69, 9.17) is 5.11 Å². The maximum absolute atomic E-state index is 11.7. The van der Waals surface area contributed by atoms with Crippen LogP contribution >= 0.6 is 0 Å². The molecular formula is C11H14N4O4. The van der Waals surface area contributed by atoms with Crippen molar-refractivity contribution in [3.8, 4) is 0 Å². The second-order valence-electron chi connectivity index (χ2n) is 4.25. The van der Waals surface area contributed by atoms with Crippen LogP contribution in [0.5, 0.6) is 0 Å². The third kappa shape index (κ3) is 3.30. The SMILES string of the molecule is O=C(NCCNC(=O)C1CC1)c1nc[nH]c1C(=O)O. The number of hydrogen-bond acceptors (Lipinski definition) is 4. The summed E-state index contributed by atoms with van der Waals surface area (Å²) < 4.78 is 0. The average molecular weight is 266 g/mol. The predicted molar refractivity (Wildman–Crippen MR) is 63.6 cm³/mol. The number of carbonyl (C=O) groups excluding carboxylic acids is 2. The van der Waals surface area contributed by atoms with E-state index in [2.05, 4.69) is 20.6 Å². The number of hydrogen-bond donors (Lipinski definition) is 4. The van der Waals surface area contributed by atoms with E-state index < -0.39 is 11.9 Å². The first-order chi connectivity index (χ1) is 9.09. The fourth-order valence-electron chi connectivity index (χ4n) is 1.56. The van der Waals surface area contributed by atoms with Gasteiger partial charge in [0, 0.05) is 19.0 Å². The van der Waals surface area contributed by atoms with Crippen molar-refractivity contribution in [2.45, 2.75) is 12.8 Å². The van der Waals surface area contributed by atoms with Crippen LogP contribution in [0.1, 0.15) is 33.8 Å². The van der Waals surface area contributed by atoms with Gasteiger partial charge in [-0.15, -0.1) is 0 Å². The van der Waals surface area contributed by atoms with Crippen molar-refractivity contribution in [1.82, 2.24) is 20.6 Å². The van der Waals surface area contributed by atoms with E-state index in [0.29, 0.717) is 6.54 Å². The molecule has 1 aliphatic carbocycles. The van der Waals surface area contributed by atoms with Crippen LogP contribution in [0.2, 0.25) is 0 Å². The molecule has 2 amide bonds. The highest BCUT2D eigenvalue weighted by Gasteiger charge is 2.29. The number of H-pyrrole nitrogens is 1. The van der Waals surface area contributed by atoms with E-state index >= 15 is 0 Å². The predicted octanol–water partition coefficient (Wildman–Crippen LogP) is -0.636. The Balaban J connectivity index is 1.76. The highest BCUT2D eigenvalue weighted by Crippen LogP contribution is 2.28. The second kappa shape index (κ2) is 5.51. The number of aromatic carboxylic acids is 1. The number of amides is 2. The Morgan fingerprint density at radius 2 is 2.00 bits per heavy atom. The molecule has 1 saturated carbocycles. The van der Waals surface area contributed by atoms with Crippen LogP contribution in [-0.4, -0.2) is 45.9 Å². The van der Waals surface area contributed by atoms with E-state index in [9.17, 15) is 14.4 Å². The molecule has 19 heavy (non-hydrogen) atoms. The van der Waals surface area contributed by atoms with Gasteiger partial charge in [-0.25, -0.2) is 9.78 Å². The second-order valence-corrected chi connectivity index (χ2v) is 4.25. The minimum atomic E-state index is -1.25. The average Bonchev–Trinajstić information content (AvgIpc) is 3.10. The minimum Gasteiger partial charge on any atom is -0.477 e. The number of carboxylic acid groups (broad SMARTS) is 1. The lowest BCUT2D eigenvalue weighted by atomic mass is 10.3. The molecule has 0 radical (unpaired) electrons. The summed E-state index contributed by atoms with van der Waals surface area (Å²) in [6, 6.07) is 0. The topological polar surface area (TPSA) is 124 Å². The summed E-state index contributed by atoms with van der Waals surface area (Å²) >= 11 is 0. The molecule has 0 atom stereocenters. The fraction of sp³-hybridized carbons (Fsp3) is 0.455. The van der Waals surface area contributed by atoms with Crippen molar-refractivity contribution in [2.75, 3.05) is 13.1 Å². The van der Waals surface area contributed by atoms with Gasteiger partial charge in [0.15, 0.2) is 11.4 Å². The molecule has 1 fully saturated rings. The molecule has 8 heteroatoms. The number of rotatable bonds is 6. The van der Waals surface area contributed by atoms with E-state index in [1.54, 1.807) is 0 Å². The maximum atomic E-state index is 11.7. The molecule has 1 aromatic rings. The van der Waals surface area contributed by atoms with E-state index in [1.165, 1.54) is 0 Å². The molecule has 2 rings (SSSR count). The van der Waals surface area contributed by atoms with Gasteiger partial charge in [-0.3, -0.25) is 9.59 Å². The minimum absolute atomic E-state index is 0.000225. The first kappa shape index (κ1) is 13.1. The Morgan fingerprint density at radius 1 is 1.32 bits per heavy atom. The summed E-state index contributed by atoms with van der Waals surface area (Å²) in [5, 5.41) is 14.0. The molecule has 4 N–H and O–H groups in total. The molecule has 0 bridgehead atoms. The quantitative estimate of drug-likeness (QED) is 0.510. The highest BCUT2D eigenvalue weighted by atomic mass is 16.4. The van der Waals surface area contributed by atoms with Crippen molar-refractivity contribution in [3.05, 3.63) is 17.7 Å². The van der Waals surface area contributed by atoms with Crippen LogP contribution in [0.25, 0.3) is 0 Å². The number of aromatic nitrogens is 2. The van der Waals surface area contributed by atoms with Gasteiger partial charge in [-0.1, -0.05) is 0 Å². The molecule has 1 heterocycles. The van der Waals surface area contributed by atoms with Gasteiger partial charge in [0.1, 0.15) is 0 Å². The monoisotopic (exact) mass is 266 g/mol. The fourth-order valence-corrected chi connectivity index (χ4v) is 1.56. The number of nitrogens with zero attached hydrogens (tertiary/aromatic N) is 1. The Labute approximate surface area is 108 Å². The van der Waals surface area contributed by atoms with Gasteiger partial charge in [-0.05, 0) is 12.8 Å². The molecular weight excluding hydrogens is 252 g/mol. The zero-order chi connectivity index (χ0) is 13.8. The summed E-state index contributed by atoms with van der Waals surface area (Å²) in [6.07, 6.45) is 2.99. The Hall–Kier alpha value is -2.38. The lowest BCUT2D eigenvalue weighted by Crippen LogP contribution is -2.35. The van der Waals surface area contributed by atoms with E-state index in [-0.39, 0.29) is 29.8 Å². The van der Waals surface area contributed by atoms with Gasteiger partial charge in [0.05, 0.1) is 6.33 Å². The summed E-state index contributed by atoms with van der Waals surface area (Å²) in [5.74, 6) is -1.70. The van der Waals surface area contributed by atoms with Crippen molar-refractivity contribution < 1.29 is 19.5 Å². The molecule has 8 nitrogen and oxygen atoms in total. The molecule has 0 aromatic carbocycles. The normalized spacial score (nSPS) is 13.9. The van der Waals surface area contributed by atoms with Crippen LogP contribution in [-0.2, 0) is 4.79 Å². The lowest BCUT2D eigenvalue weighted by Gasteiger charge is -2.05. The third-order valence-electron chi connectivity index (χ3n) is 2.73. The molecule has 102 valence electrons. The standard InChI is InChI=1S/C11H14N4O4/c16-9(6-1-2-6)12-3-4-13-10(17)7-8(11(18)19)15-5-14-7/h5-6H,1-4H2,(H,12,16)(H,13,17)(H,14,15)(H,18,19). The summed E-state index contributed by atoms with van der Waals surface area (Å²) in [4.78, 5) is 39.8.